The second-order valence-corrected chi connectivity index (χ2v) is 5.68. The van der Waals surface area contributed by atoms with E-state index in [1.54, 1.807) is 0 Å². The molecule has 2 fully saturated rings. The van der Waals surface area contributed by atoms with Crippen LogP contribution in [-0.2, 0) is 4.79 Å². The third-order valence-electron chi connectivity index (χ3n) is 3.66. The van der Waals surface area contributed by atoms with Crippen LogP contribution in [0.1, 0.15) is 39.5 Å². The summed E-state index contributed by atoms with van der Waals surface area (Å²) in [7, 11) is 0. The zero-order valence-electron chi connectivity index (χ0n) is 10.5. The molecule has 0 aromatic carbocycles. The highest BCUT2D eigenvalue weighted by molar-refractivity contribution is 5.78. The van der Waals surface area contributed by atoms with Crippen molar-refractivity contribution in [2.75, 3.05) is 13.1 Å². The zero-order valence-corrected chi connectivity index (χ0v) is 10.5. The van der Waals surface area contributed by atoms with Gasteiger partial charge in [-0.05, 0) is 43.4 Å². The van der Waals surface area contributed by atoms with Crippen LogP contribution in [-0.4, -0.2) is 25.0 Å². The Balaban J connectivity index is 1.63. The third kappa shape index (κ3) is 3.78. The van der Waals surface area contributed by atoms with E-state index in [4.69, 9.17) is 0 Å². The van der Waals surface area contributed by atoms with Crippen LogP contribution in [0, 0.1) is 17.8 Å². The minimum atomic E-state index is 0.153. The molecule has 16 heavy (non-hydrogen) atoms. The van der Waals surface area contributed by atoms with E-state index in [-0.39, 0.29) is 5.91 Å². The van der Waals surface area contributed by atoms with E-state index in [2.05, 4.69) is 24.5 Å². The zero-order chi connectivity index (χ0) is 11.5. The fraction of sp³-hybridized carbons (Fsp3) is 0.923. The van der Waals surface area contributed by atoms with Gasteiger partial charge >= 0.3 is 0 Å². The fourth-order valence-electron chi connectivity index (χ4n) is 2.36. The molecular formula is C13H24N2O. The molecule has 0 radical (unpaired) electrons. The molecule has 0 saturated heterocycles. The maximum atomic E-state index is 11.6. The molecule has 2 saturated carbocycles. The smallest absolute Gasteiger partial charge is 0.233 e. The van der Waals surface area contributed by atoms with E-state index < -0.39 is 0 Å². The largest absolute Gasteiger partial charge is 0.355 e. The summed E-state index contributed by atoms with van der Waals surface area (Å²) < 4.78 is 0. The highest BCUT2D eigenvalue weighted by Gasteiger charge is 2.41. The predicted molar refractivity (Wildman–Crippen MR) is 65.1 cm³/mol. The van der Waals surface area contributed by atoms with Gasteiger partial charge in [-0.15, -0.1) is 0 Å². The van der Waals surface area contributed by atoms with Gasteiger partial charge in [-0.1, -0.05) is 13.8 Å². The summed E-state index contributed by atoms with van der Waals surface area (Å²) in [4.78, 5) is 11.6. The van der Waals surface area contributed by atoms with E-state index >= 15 is 0 Å². The van der Waals surface area contributed by atoms with Gasteiger partial charge in [-0.3, -0.25) is 4.79 Å². The molecule has 0 bridgehead atoms. The molecule has 3 nitrogen and oxygen atoms in total. The van der Waals surface area contributed by atoms with Gasteiger partial charge in [0.15, 0.2) is 0 Å². The van der Waals surface area contributed by atoms with Crippen LogP contribution < -0.4 is 10.6 Å². The Bertz CT molecular complexity index is 232. The Hall–Kier alpha value is -0.570. The quantitative estimate of drug-likeness (QED) is 0.688. The molecule has 2 N–H and O–H groups in total. The monoisotopic (exact) mass is 224 g/mol. The first-order valence-electron chi connectivity index (χ1n) is 6.67. The minimum absolute atomic E-state index is 0.153. The first-order chi connectivity index (χ1) is 7.66. The summed E-state index contributed by atoms with van der Waals surface area (Å²) in [6.45, 7) is 5.49. The molecule has 0 spiro atoms. The molecule has 0 unspecified atom stereocenters. The van der Waals surface area contributed by atoms with Crippen molar-refractivity contribution in [1.82, 2.24) is 10.6 Å². The van der Waals surface area contributed by atoms with Gasteiger partial charge in [-0.25, -0.2) is 0 Å². The Morgan fingerprint density at radius 2 is 1.75 bits per heavy atom. The molecular weight excluding hydrogens is 200 g/mol. The van der Waals surface area contributed by atoms with Gasteiger partial charge in [0.25, 0.3) is 0 Å². The number of rotatable bonds is 7. The van der Waals surface area contributed by atoms with Crippen molar-refractivity contribution >= 4 is 5.91 Å². The number of carbonyl (C=O) groups is 1. The van der Waals surface area contributed by atoms with Gasteiger partial charge in [0, 0.05) is 12.6 Å². The topological polar surface area (TPSA) is 41.1 Å². The standard InChI is InChI=1S/C13H24N2O/c1-9(2)14-8-13(16)15-7-12(10-3-4-10)11-5-6-11/h9-12,14H,3-8H2,1-2H3,(H,15,16). The number of nitrogens with one attached hydrogen (secondary N) is 2. The number of carbonyl (C=O) groups excluding carboxylic acids is 1. The van der Waals surface area contributed by atoms with Crippen LogP contribution in [0.4, 0.5) is 0 Å². The predicted octanol–water partition coefficient (Wildman–Crippen LogP) is 1.54. The Morgan fingerprint density at radius 3 is 2.19 bits per heavy atom. The second kappa shape index (κ2) is 5.17. The van der Waals surface area contributed by atoms with Crippen LogP contribution in [0.2, 0.25) is 0 Å². The van der Waals surface area contributed by atoms with E-state index in [1.807, 2.05) is 0 Å². The minimum Gasteiger partial charge on any atom is -0.355 e. The molecule has 2 aliphatic rings. The molecule has 92 valence electrons. The van der Waals surface area contributed by atoms with Crippen molar-refractivity contribution in [3.05, 3.63) is 0 Å². The lowest BCUT2D eigenvalue weighted by Crippen LogP contribution is -2.39. The molecule has 0 heterocycles. The first kappa shape index (κ1) is 11.9. The molecule has 0 atom stereocenters. The van der Waals surface area contributed by atoms with Crippen LogP contribution in [0.5, 0.6) is 0 Å². The van der Waals surface area contributed by atoms with Crippen LogP contribution >= 0.6 is 0 Å². The highest BCUT2D eigenvalue weighted by atomic mass is 16.1. The van der Waals surface area contributed by atoms with Crippen molar-refractivity contribution in [2.24, 2.45) is 17.8 Å². The van der Waals surface area contributed by atoms with Gasteiger partial charge in [0.05, 0.1) is 6.54 Å². The molecule has 2 rings (SSSR count). The van der Waals surface area contributed by atoms with E-state index in [0.29, 0.717) is 12.6 Å². The van der Waals surface area contributed by atoms with Gasteiger partial charge in [0.2, 0.25) is 5.91 Å². The average molecular weight is 224 g/mol. The molecule has 1 amide bonds. The number of hydrogen-bond donors (Lipinski definition) is 2. The Kier molecular flexibility index (Phi) is 3.85. The summed E-state index contributed by atoms with van der Waals surface area (Å²) in [6.07, 6.45) is 5.56. The highest BCUT2D eigenvalue weighted by Crippen LogP contribution is 2.48. The summed E-state index contributed by atoms with van der Waals surface area (Å²) in [6, 6.07) is 0.383. The van der Waals surface area contributed by atoms with Crippen LogP contribution in [0.25, 0.3) is 0 Å². The molecule has 2 aliphatic carbocycles. The van der Waals surface area contributed by atoms with E-state index in [1.165, 1.54) is 25.7 Å². The van der Waals surface area contributed by atoms with E-state index in [9.17, 15) is 4.79 Å². The summed E-state index contributed by atoms with van der Waals surface area (Å²) >= 11 is 0. The summed E-state index contributed by atoms with van der Waals surface area (Å²) in [5, 5.41) is 6.23. The van der Waals surface area contributed by atoms with Crippen LogP contribution in [0.15, 0.2) is 0 Å². The van der Waals surface area contributed by atoms with Crippen LogP contribution in [0.3, 0.4) is 0 Å². The fourth-order valence-corrected chi connectivity index (χ4v) is 2.36. The SMILES string of the molecule is CC(C)NCC(=O)NCC(C1CC1)C1CC1. The summed E-state index contributed by atoms with van der Waals surface area (Å²) in [5.74, 6) is 2.78. The van der Waals surface area contributed by atoms with Crippen molar-refractivity contribution in [1.29, 1.82) is 0 Å². The maximum Gasteiger partial charge on any atom is 0.233 e. The molecule has 0 aromatic rings. The van der Waals surface area contributed by atoms with Gasteiger partial charge in [-0.2, -0.15) is 0 Å². The van der Waals surface area contributed by atoms with Gasteiger partial charge in [0.1, 0.15) is 0 Å². The average Bonchev–Trinajstić information content (AvgIpc) is 3.07. The van der Waals surface area contributed by atoms with Crippen molar-refractivity contribution in [3.8, 4) is 0 Å². The van der Waals surface area contributed by atoms with Crippen molar-refractivity contribution < 1.29 is 4.79 Å². The lowest BCUT2D eigenvalue weighted by atomic mass is 9.98. The summed E-state index contributed by atoms with van der Waals surface area (Å²) in [5.41, 5.74) is 0. The second-order valence-electron chi connectivity index (χ2n) is 5.68. The number of hydrogen-bond acceptors (Lipinski definition) is 2. The number of amides is 1. The molecule has 3 heteroatoms. The maximum absolute atomic E-state index is 11.6. The first-order valence-corrected chi connectivity index (χ1v) is 6.67. The normalized spacial score (nSPS) is 20.5. The van der Waals surface area contributed by atoms with E-state index in [0.717, 1.165) is 24.3 Å². The molecule has 0 aliphatic heterocycles. The van der Waals surface area contributed by atoms with Gasteiger partial charge < -0.3 is 10.6 Å². The van der Waals surface area contributed by atoms with Crippen molar-refractivity contribution in [2.45, 2.75) is 45.6 Å². The Labute approximate surface area is 98.4 Å². The van der Waals surface area contributed by atoms with Crippen molar-refractivity contribution in [3.63, 3.8) is 0 Å². The third-order valence-corrected chi connectivity index (χ3v) is 3.66. The Morgan fingerprint density at radius 1 is 1.19 bits per heavy atom. The lowest BCUT2D eigenvalue weighted by Gasteiger charge is -2.16. The lowest BCUT2D eigenvalue weighted by molar-refractivity contribution is -0.120. The molecule has 0 aromatic heterocycles.